The van der Waals surface area contributed by atoms with Crippen LogP contribution in [0.5, 0.6) is 0 Å². The first kappa shape index (κ1) is 8.41. The maximum Gasteiger partial charge on any atom is 0.0326 e. The van der Waals surface area contributed by atoms with Gasteiger partial charge in [0.25, 0.3) is 0 Å². The second-order valence-electron chi connectivity index (χ2n) is 2.45. The van der Waals surface area contributed by atoms with Crippen LogP contribution >= 0.6 is 0 Å². The van der Waals surface area contributed by atoms with Crippen molar-refractivity contribution in [1.82, 2.24) is 0 Å². The number of rotatable bonds is 2. The van der Waals surface area contributed by atoms with Crippen molar-refractivity contribution in [2.45, 2.75) is 27.7 Å². The van der Waals surface area contributed by atoms with E-state index in [2.05, 4.69) is 18.8 Å². The molecule has 0 atom stereocenters. The maximum atomic E-state index is 4.18. The summed E-state index contributed by atoms with van der Waals surface area (Å²) in [5, 5.41) is 0. The van der Waals surface area contributed by atoms with Crippen molar-refractivity contribution in [3.05, 3.63) is 11.8 Å². The fourth-order valence-corrected chi connectivity index (χ4v) is 0.341. The second kappa shape index (κ2) is 4.30. The van der Waals surface area contributed by atoms with Crippen molar-refractivity contribution in [3.63, 3.8) is 0 Å². The summed E-state index contributed by atoms with van der Waals surface area (Å²) < 4.78 is 0. The van der Waals surface area contributed by atoms with Crippen LogP contribution in [0, 0.1) is 5.92 Å². The molecule has 0 N–H and O–H groups in total. The van der Waals surface area contributed by atoms with Crippen LogP contribution in [0.15, 0.2) is 16.8 Å². The topological polar surface area (TPSA) is 12.4 Å². The van der Waals surface area contributed by atoms with Crippen molar-refractivity contribution >= 4 is 6.21 Å². The van der Waals surface area contributed by atoms with Gasteiger partial charge in [-0.3, -0.25) is 4.99 Å². The van der Waals surface area contributed by atoms with Gasteiger partial charge in [0.05, 0.1) is 0 Å². The number of aliphatic imine (C=N–C) groups is 1. The molecule has 0 bridgehead atoms. The van der Waals surface area contributed by atoms with E-state index in [-0.39, 0.29) is 0 Å². The van der Waals surface area contributed by atoms with E-state index in [0.29, 0.717) is 5.92 Å². The standard InChI is InChI=1S/C8H15N/c1-5-8(4)9-6-7(2)3/h5-7H,1-4H3. The van der Waals surface area contributed by atoms with Crippen LogP contribution in [0.4, 0.5) is 0 Å². The van der Waals surface area contributed by atoms with E-state index in [9.17, 15) is 0 Å². The number of hydrogen-bond donors (Lipinski definition) is 0. The summed E-state index contributed by atoms with van der Waals surface area (Å²) in [4.78, 5) is 4.18. The highest BCUT2D eigenvalue weighted by Gasteiger charge is 1.83. The smallest absolute Gasteiger partial charge is 0.0326 e. The first-order valence-electron chi connectivity index (χ1n) is 3.34. The molecule has 0 saturated carbocycles. The molecule has 52 valence electrons. The van der Waals surface area contributed by atoms with Crippen molar-refractivity contribution < 1.29 is 0 Å². The quantitative estimate of drug-likeness (QED) is 0.503. The summed E-state index contributed by atoms with van der Waals surface area (Å²) in [6.45, 7) is 8.23. The summed E-state index contributed by atoms with van der Waals surface area (Å²) in [5.41, 5.74) is 1.09. The van der Waals surface area contributed by atoms with Crippen molar-refractivity contribution in [3.8, 4) is 0 Å². The van der Waals surface area contributed by atoms with Crippen LogP contribution in [0.1, 0.15) is 27.7 Å². The first-order valence-corrected chi connectivity index (χ1v) is 3.34. The third-order valence-corrected chi connectivity index (χ3v) is 0.994. The fourth-order valence-electron chi connectivity index (χ4n) is 0.341. The summed E-state index contributed by atoms with van der Waals surface area (Å²) in [7, 11) is 0. The first-order chi connectivity index (χ1) is 4.16. The Labute approximate surface area is 57.5 Å². The molecule has 0 aliphatic carbocycles. The van der Waals surface area contributed by atoms with E-state index in [1.54, 1.807) is 0 Å². The average Bonchev–Trinajstić information content (AvgIpc) is 1.83. The predicted molar refractivity (Wildman–Crippen MR) is 42.8 cm³/mol. The lowest BCUT2D eigenvalue weighted by atomic mass is 10.2. The molecule has 0 fully saturated rings. The van der Waals surface area contributed by atoms with Gasteiger partial charge in [-0.2, -0.15) is 0 Å². The van der Waals surface area contributed by atoms with Gasteiger partial charge in [-0.15, -0.1) is 0 Å². The second-order valence-corrected chi connectivity index (χ2v) is 2.45. The molecule has 0 aliphatic rings. The van der Waals surface area contributed by atoms with E-state index >= 15 is 0 Å². The lowest BCUT2D eigenvalue weighted by Crippen LogP contribution is -1.86. The van der Waals surface area contributed by atoms with E-state index in [1.165, 1.54) is 0 Å². The molecule has 1 nitrogen and oxygen atoms in total. The van der Waals surface area contributed by atoms with Crippen LogP contribution in [0.2, 0.25) is 0 Å². The van der Waals surface area contributed by atoms with Gasteiger partial charge in [-0.05, 0) is 19.8 Å². The number of nitrogens with zero attached hydrogens (tertiary/aromatic N) is 1. The third-order valence-electron chi connectivity index (χ3n) is 0.994. The Bertz CT molecular complexity index is 121. The van der Waals surface area contributed by atoms with Crippen LogP contribution < -0.4 is 0 Å². The third kappa shape index (κ3) is 5.28. The molecule has 0 aliphatic heterocycles. The minimum atomic E-state index is 0.555. The minimum Gasteiger partial charge on any atom is -0.266 e. The molecule has 0 aromatic carbocycles. The van der Waals surface area contributed by atoms with E-state index in [0.717, 1.165) is 5.70 Å². The van der Waals surface area contributed by atoms with Crippen molar-refractivity contribution in [1.29, 1.82) is 0 Å². The predicted octanol–water partition coefficient (Wildman–Crippen LogP) is 2.64. The highest BCUT2D eigenvalue weighted by atomic mass is 14.7. The molecule has 0 radical (unpaired) electrons. The number of hydrogen-bond acceptors (Lipinski definition) is 1. The molecule has 9 heavy (non-hydrogen) atoms. The Morgan fingerprint density at radius 1 is 1.44 bits per heavy atom. The molecule has 0 saturated heterocycles. The van der Waals surface area contributed by atoms with Crippen LogP contribution in [0.3, 0.4) is 0 Å². The number of allylic oxidation sites excluding steroid dienone is 2. The maximum absolute atomic E-state index is 4.18. The van der Waals surface area contributed by atoms with Gasteiger partial charge < -0.3 is 0 Å². The van der Waals surface area contributed by atoms with Crippen LogP contribution in [0.25, 0.3) is 0 Å². The van der Waals surface area contributed by atoms with Gasteiger partial charge >= 0.3 is 0 Å². The Morgan fingerprint density at radius 2 is 2.00 bits per heavy atom. The monoisotopic (exact) mass is 125 g/mol. The Hall–Kier alpha value is -0.590. The molecule has 0 aromatic heterocycles. The fraction of sp³-hybridized carbons (Fsp3) is 0.625. The van der Waals surface area contributed by atoms with Gasteiger partial charge in [0.15, 0.2) is 0 Å². The zero-order valence-electron chi connectivity index (χ0n) is 6.68. The average molecular weight is 125 g/mol. The van der Waals surface area contributed by atoms with Gasteiger partial charge in [0.1, 0.15) is 0 Å². The van der Waals surface area contributed by atoms with Gasteiger partial charge in [0, 0.05) is 11.9 Å². The highest BCUT2D eigenvalue weighted by Crippen LogP contribution is 1.94. The lowest BCUT2D eigenvalue weighted by Gasteiger charge is -1.92. The minimum absolute atomic E-state index is 0.555. The molecule has 0 rings (SSSR count). The highest BCUT2D eigenvalue weighted by molar-refractivity contribution is 5.60. The molecule has 0 unspecified atom stereocenters. The van der Waals surface area contributed by atoms with Gasteiger partial charge in [0.2, 0.25) is 0 Å². The van der Waals surface area contributed by atoms with E-state index < -0.39 is 0 Å². The SMILES string of the molecule is CC=C(C)N=CC(C)C. The molecule has 0 aromatic rings. The van der Waals surface area contributed by atoms with E-state index in [4.69, 9.17) is 0 Å². The molecule has 0 spiro atoms. The lowest BCUT2D eigenvalue weighted by molar-refractivity contribution is 0.904. The zero-order chi connectivity index (χ0) is 7.28. The van der Waals surface area contributed by atoms with Gasteiger partial charge in [-0.25, -0.2) is 0 Å². The molecule has 0 heterocycles. The summed E-state index contributed by atoms with van der Waals surface area (Å²) in [6, 6.07) is 0. The Balaban J connectivity index is 3.71. The van der Waals surface area contributed by atoms with Crippen LogP contribution in [-0.2, 0) is 0 Å². The molecular formula is C8H15N. The largest absolute Gasteiger partial charge is 0.266 e. The molecular weight excluding hydrogens is 110 g/mol. The molecule has 1 heteroatoms. The normalized spacial score (nSPS) is 13.7. The van der Waals surface area contributed by atoms with Gasteiger partial charge in [-0.1, -0.05) is 19.9 Å². The Kier molecular flexibility index (Phi) is 4.02. The van der Waals surface area contributed by atoms with E-state index in [1.807, 2.05) is 26.1 Å². The molecule has 0 amide bonds. The zero-order valence-corrected chi connectivity index (χ0v) is 6.68. The van der Waals surface area contributed by atoms with Crippen molar-refractivity contribution in [2.24, 2.45) is 10.9 Å². The Morgan fingerprint density at radius 3 is 2.33 bits per heavy atom. The van der Waals surface area contributed by atoms with Crippen LogP contribution in [-0.4, -0.2) is 6.21 Å². The summed E-state index contributed by atoms with van der Waals surface area (Å²) in [5.74, 6) is 0.555. The summed E-state index contributed by atoms with van der Waals surface area (Å²) in [6.07, 6.45) is 3.95. The summed E-state index contributed by atoms with van der Waals surface area (Å²) >= 11 is 0. The van der Waals surface area contributed by atoms with Crippen molar-refractivity contribution in [2.75, 3.05) is 0 Å².